The molecular weight excluding hydrogens is 322 g/mol. The van der Waals surface area contributed by atoms with Gasteiger partial charge in [-0.05, 0) is 30.5 Å². The summed E-state index contributed by atoms with van der Waals surface area (Å²) in [6.07, 6.45) is 5.11. The number of nitrogens with one attached hydrogen (secondary N) is 1. The molecule has 126 valence electrons. The molecule has 0 radical (unpaired) electrons. The summed E-state index contributed by atoms with van der Waals surface area (Å²) in [6, 6.07) is 5.44. The molecule has 0 aromatic heterocycles. The molecule has 7 heteroatoms. The Morgan fingerprint density at radius 2 is 1.73 bits per heavy atom. The average Bonchev–Trinajstić information content (AvgIpc) is 2.47. The zero-order valence-electron chi connectivity index (χ0n) is 13.4. The summed E-state index contributed by atoms with van der Waals surface area (Å²) >= 11 is 0. The fraction of sp³-hybridized carbons (Fsp3) is 0.600. The summed E-state index contributed by atoms with van der Waals surface area (Å²) in [5.74, 6) is 0.299. The van der Waals surface area contributed by atoms with Gasteiger partial charge < -0.3 is 0 Å². The van der Waals surface area contributed by atoms with E-state index >= 15 is 0 Å². The molecule has 0 amide bonds. The highest BCUT2D eigenvalue weighted by molar-refractivity contribution is 7.91. The topological polar surface area (TPSA) is 80.3 Å². The minimum absolute atomic E-state index is 0.00778. The van der Waals surface area contributed by atoms with Crippen LogP contribution in [0.25, 0.3) is 0 Å². The Bertz CT molecular complexity index is 681. The number of benzene rings is 1. The van der Waals surface area contributed by atoms with E-state index in [4.69, 9.17) is 0 Å². The SMILES string of the molecule is CCCC[C@H](CC)CNS(=O)(=O)c1cccc(S(C)(=O)=O)c1. The molecule has 0 saturated carbocycles. The van der Waals surface area contributed by atoms with Gasteiger partial charge in [-0.15, -0.1) is 0 Å². The molecule has 1 atom stereocenters. The summed E-state index contributed by atoms with van der Waals surface area (Å²) in [6.45, 7) is 4.52. The van der Waals surface area contributed by atoms with Crippen LogP contribution in [0.5, 0.6) is 0 Å². The van der Waals surface area contributed by atoms with E-state index in [1.165, 1.54) is 24.3 Å². The first-order chi connectivity index (χ1) is 10.2. The van der Waals surface area contributed by atoms with E-state index in [0.717, 1.165) is 31.9 Å². The van der Waals surface area contributed by atoms with E-state index in [0.29, 0.717) is 12.5 Å². The molecule has 0 unspecified atom stereocenters. The van der Waals surface area contributed by atoms with Crippen molar-refractivity contribution in [1.82, 2.24) is 4.72 Å². The second kappa shape index (κ2) is 8.08. The maximum atomic E-state index is 12.3. The van der Waals surface area contributed by atoms with E-state index in [9.17, 15) is 16.8 Å². The summed E-state index contributed by atoms with van der Waals surface area (Å²) in [7, 11) is -7.11. The zero-order valence-corrected chi connectivity index (χ0v) is 15.0. The molecule has 1 aromatic carbocycles. The fourth-order valence-electron chi connectivity index (χ4n) is 2.13. The third kappa shape index (κ3) is 5.70. The first kappa shape index (κ1) is 19.1. The lowest BCUT2D eigenvalue weighted by Gasteiger charge is -2.15. The number of hydrogen-bond donors (Lipinski definition) is 1. The number of sulfone groups is 1. The molecule has 22 heavy (non-hydrogen) atoms. The van der Waals surface area contributed by atoms with Crippen molar-refractivity contribution < 1.29 is 16.8 Å². The van der Waals surface area contributed by atoms with Crippen molar-refractivity contribution in [2.24, 2.45) is 5.92 Å². The van der Waals surface area contributed by atoms with Crippen molar-refractivity contribution >= 4 is 19.9 Å². The Kier molecular flexibility index (Phi) is 7.02. The van der Waals surface area contributed by atoms with Crippen molar-refractivity contribution in [3.05, 3.63) is 24.3 Å². The van der Waals surface area contributed by atoms with Gasteiger partial charge in [-0.3, -0.25) is 0 Å². The Morgan fingerprint density at radius 3 is 2.27 bits per heavy atom. The van der Waals surface area contributed by atoms with Crippen LogP contribution in [0.2, 0.25) is 0 Å². The highest BCUT2D eigenvalue weighted by Gasteiger charge is 2.18. The first-order valence-electron chi connectivity index (χ1n) is 7.50. The van der Waals surface area contributed by atoms with Crippen LogP contribution in [0.15, 0.2) is 34.1 Å². The van der Waals surface area contributed by atoms with Crippen LogP contribution in [0, 0.1) is 5.92 Å². The fourth-order valence-corrected chi connectivity index (χ4v) is 4.03. The maximum absolute atomic E-state index is 12.3. The highest BCUT2D eigenvalue weighted by Crippen LogP contribution is 2.17. The smallest absolute Gasteiger partial charge is 0.224 e. The largest absolute Gasteiger partial charge is 0.240 e. The molecule has 5 nitrogen and oxygen atoms in total. The molecular formula is C15H25NO4S2. The predicted octanol–water partition coefficient (Wildman–Crippen LogP) is 2.58. The first-order valence-corrected chi connectivity index (χ1v) is 10.9. The molecule has 0 saturated heterocycles. The molecule has 0 fully saturated rings. The van der Waals surface area contributed by atoms with Crippen molar-refractivity contribution in [3.63, 3.8) is 0 Å². The second-order valence-electron chi connectivity index (χ2n) is 5.52. The van der Waals surface area contributed by atoms with E-state index in [1.807, 2.05) is 6.92 Å². The number of unbranched alkanes of at least 4 members (excludes halogenated alkanes) is 1. The third-order valence-electron chi connectivity index (χ3n) is 3.65. The molecule has 0 aliphatic heterocycles. The minimum Gasteiger partial charge on any atom is -0.224 e. The summed E-state index contributed by atoms with van der Waals surface area (Å²) in [5, 5.41) is 0. The summed E-state index contributed by atoms with van der Waals surface area (Å²) in [4.78, 5) is -0.00540. The van der Waals surface area contributed by atoms with Gasteiger partial charge in [0.2, 0.25) is 10.0 Å². The van der Waals surface area contributed by atoms with Crippen LogP contribution in [0.1, 0.15) is 39.5 Å². The van der Waals surface area contributed by atoms with Crippen molar-refractivity contribution in [2.75, 3.05) is 12.8 Å². The molecule has 0 aliphatic rings. The normalized spacial score (nSPS) is 14.0. The van der Waals surface area contributed by atoms with E-state index < -0.39 is 19.9 Å². The van der Waals surface area contributed by atoms with Crippen molar-refractivity contribution in [3.8, 4) is 0 Å². The Morgan fingerprint density at radius 1 is 1.09 bits per heavy atom. The average molecular weight is 348 g/mol. The number of hydrogen-bond acceptors (Lipinski definition) is 4. The summed E-state index contributed by atoms with van der Waals surface area (Å²) < 4.78 is 50.2. The molecule has 0 heterocycles. The van der Waals surface area contributed by atoms with Crippen LogP contribution in [-0.2, 0) is 19.9 Å². The maximum Gasteiger partial charge on any atom is 0.240 e. The van der Waals surface area contributed by atoms with Gasteiger partial charge in [-0.1, -0.05) is 39.2 Å². The lowest BCUT2D eigenvalue weighted by atomic mass is 10.00. The summed E-state index contributed by atoms with van der Waals surface area (Å²) in [5.41, 5.74) is 0. The van der Waals surface area contributed by atoms with Gasteiger partial charge in [-0.2, -0.15) is 0 Å². The zero-order chi connectivity index (χ0) is 16.8. The van der Waals surface area contributed by atoms with Crippen LogP contribution in [0.4, 0.5) is 0 Å². The van der Waals surface area contributed by atoms with Gasteiger partial charge in [0.05, 0.1) is 9.79 Å². The number of rotatable bonds is 9. The van der Waals surface area contributed by atoms with Gasteiger partial charge in [0.1, 0.15) is 0 Å². The van der Waals surface area contributed by atoms with Gasteiger partial charge in [0.25, 0.3) is 0 Å². The molecule has 0 spiro atoms. The second-order valence-corrected chi connectivity index (χ2v) is 9.30. The van der Waals surface area contributed by atoms with Crippen LogP contribution in [-0.4, -0.2) is 29.6 Å². The predicted molar refractivity (Wildman–Crippen MR) is 88.0 cm³/mol. The molecule has 0 aliphatic carbocycles. The van der Waals surface area contributed by atoms with Crippen LogP contribution >= 0.6 is 0 Å². The van der Waals surface area contributed by atoms with Gasteiger partial charge in [0, 0.05) is 12.8 Å². The van der Waals surface area contributed by atoms with Crippen LogP contribution in [0.3, 0.4) is 0 Å². The van der Waals surface area contributed by atoms with Gasteiger partial charge >= 0.3 is 0 Å². The third-order valence-corrected chi connectivity index (χ3v) is 6.18. The minimum atomic E-state index is -3.69. The Labute approximate surface area is 134 Å². The lowest BCUT2D eigenvalue weighted by Crippen LogP contribution is -2.29. The lowest BCUT2D eigenvalue weighted by molar-refractivity contribution is 0.443. The van der Waals surface area contributed by atoms with Crippen LogP contribution < -0.4 is 4.72 Å². The quantitative estimate of drug-likeness (QED) is 0.744. The Hall–Kier alpha value is -0.920. The van der Waals surface area contributed by atoms with E-state index in [1.54, 1.807) is 0 Å². The van der Waals surface area contributed by atoms with Crippen molar-refractivity contribution in [2.45, 2.75) is 49.3 Å². The standard InChI is InChI=1S/C15H25NO4S2/c1-4-6-8-13(5-2)12-16-22(19,20)15-10-7-9-14(11-15)21(3,17)18/h7,9-11,13,16H,4-6,8,12H2,1-3H3/t13-/m0/s1. The molecule has 1 rings (SSSR count). The number of sulfonamides is 1. The monoisotopic (exact) mass is 347 g/mol. The van der Waals surface area contributed by atoms with E-state index in [2.05, 4.69) is 11.6 Å². The molecule has 1 N–H and O–H groups in total. The molecule has 0 bridgehead atoms. The van der Waals surface area contributed by atoms with Gasteiger partial charge in [-0.25, -0.2) is 21.6 Å². The van der Waals surface area contributed by atoms with Gasteiger partial charge in [0.15, 0.2) is 9.84 Å². The highest BCUT2D eigenvalue weighted by atomic mass is 32.2. The van der Waals surface area contributed by atoms with E-state index in [-0.39, 0.29) is 9.79 Å². The Balaban J connectivity index is 2.87. The molecule has 1 aromatic rings. The van der Waals surface area contributed by atoms with Crippen molar-refractivity contribution in [1.29, 1.82) is 0 Å².